The average molecular weight is 237 g/mol. The van der Waals surface area contributed by atoms with Crippen molar-refractivity contribution in [2.24, 2.45) is 0 Å². The second-order valence-corrected chi connectivity index (χ2v) is 4.44. The second kappa shape index (κ2) is 5.92. The minimum absolute atomic E-state index is 0.352. The summed E-state index contributed by atoms with van der Waals surface area (Å²) < 4.78 is 25.7. The van der Waals surface area contributed by atoms with E-state index in [0.717, 1.165) is 19.0 Å². The monoisotopic (exact) mass is 237 g/mol. The maximum atomic E-state index is 13.0. The molecule has 1 nitrogen and oxygen atoms in total. The Morgan fingerprint density at radius 2 is 2.00 bits per heavy atom. The maximum absolute atomic E-state index is 13.0. The van der Waals surface area contributed by atoms with Crippen molar-refractivity contribution in [2.45, 2.75) is 31.7 Å². The lowest BCUT2D eigenvalue weighted by Crippen LogP contribution is -2.25. The highest BCUT2D eigenvalue weighted by Gasteiger charge is 2.07. The molecular weight excluding hydrogens is 220 g/mol. The van der Waals surface area contributed by atoms with Crippen molar-refractivity contribution in [1.82, 2.24) is 5.32 Å². The van der Waals surface area contributed by atoms with Crippen LogP contribution >= 0.6 is 0 Å². The van der Waals surface area contributed by atoms with E-state index < -0.39 is 11.6 Å². The third-order valence-corrected chi connectivity index (χ3v) is 3.06. The van der Waals surface area contributed by atoms with Gasteiger partial charge in [0.15, 0.2) is 11.6 Å². The van der Waals surface area contributed by atoms with E-state index >= 15 is 0 Å². The SMILES string of the molecule is Fc1ccc(/C=C/C2CCCCCN2)cc1F. The van der Waals surface area contributed by atoms with Gasteiger partial charge in [-0.1, -0.05) is 31.1 Å². The van der Waals surface area contributed by atoms with Crippen LogP contribution in [0.25, 0.3) is 6.08 Å². The molecule has 1 N–H and O–H groups in total. The van der Waals surface area contributed by atoms with Gasteiger partial charge < -0.3 is 5.32 Å². The largest absolute Gasteiger partial charge is 0.311 e. The first-order chi connectivity index (χ1) is 8.25. The molecule has 1 saturated heterocycles. The van der Waals surface area contributed by atoms with E-state index in [9.17, 15) is 8.78 Å². The molecule has 0 radical (unpaired) electrons. The fraction of sp³-hybridized carbons (Fsp3) is 0.429. The van der Waals surface area contributed by atoms with Crippen LogP contribution in [-0.2, 0) is 0 Å². The Balaban J connectivity index is 2.00. The number of halogens is 2. The summed E-state index contributed by atoms with van der Waals surface area (Å²) in [6, 6.07) is 4.33. The lowest BCUT2D eigenvalue weighted by molar-refractivity contribution is 0.508. The number of hydrogen-bond acceptors (Lipinski definition) is 1. The molecule has 1 unspecified atom stereocenters. The van der Waals surface area contributed by atoms with E-state index in [-0.39, 0.29) is 0 Å². The first kappa shape index (κ1) is 12.2. The molecule has 1 atom stereocenters. The standard InChI is InChI=1S/C14H17F2N/c15-13-8-6-11(10-14(13)16)5-7-12-4-2-1-3-9-17-12/h5-8,10,12,17H,1-4,9H2/b7-5+. The lowest BCUT2D eigenvalue weighted by Gasteiger charge is -2.10. The molecular formula is C14H17F2N. The number of benzene rings is 1. The van der Waals surface area contributed by atoms with E-state index in [0.29, 0.717) is 11.6 Å². The Kier molecular flexibility index (Phi) is 4.26. The number of nitrogens with one attached hydrogen (secondary N) is 1. The van der Waals surface area contributed by atoms with Crippen molar-refractivity contribution in [3.63, 3.8) is 0 Å². The summed E-state index contributed by atoms with van der Waals surface area (Å²) in [5, 5.41) is 3.42. The highest BCUT2D eigenvalue weighted by molar-refractivity contribution is 5.49. The zero-order chi connectivity index (χ0) is 12.1. The molecule has 0 bridgehead atoms. The maximum Gasteiger partial charge on any atom is 0.159 e. The van der Waals surface area contributed by atoms with Crippen LogP contribution in [-0.4, -0.2) is 12.6 Å². The van der Waals surface area contributed by atoms with Crippen LogP contribution in [0, 0.1) is 11.6 Å². The van der Waals surface area contributed by atoms with Crippen LogP contribution in [0.3, 0.4) is 0 Å². The number of hydrogen-bond donors (Lipinski definition) is 1. The van der Waals surface area contributed by atoms with Crippen molar-refractivity contribution in [2.75, 3.05) is 6.54 Å². The first-order valence-corrected chi connectivity index (χ1v) is 6.12. The summed E-state index contributed by atoms with van der Waals surface area (Å²) in [7, 11) is 0. The lowest BCUT2D eigenvalue weighted by atomic mass is 10.1. The predicted molar refractivity (Wildman–Crippen MR) is 65.7 cm³/mol. The number of rotatable bonds is 2. The second-order valence-electron chi connectivity index (χ2n) is 4.44. The van der Waals surface area contributed by atoms with E-state index in [4.69, 9.17) is 0 Å². The normalized spacial score (nSPS) is 21.6. The van der Waals surface area contributed by atoms with Gasteiger partial charge in [-0.25, -0.2) is 8.78 Å². The van der Waals surface area contributed by atoms with Gasteiger partial charge in [0, 0.05) is 6.04 Å². The van der Waals surface area contributed by atoms with Crippen LogP contribution in [0.1, 0.15) is 31.2 Å². The van der Waals surface area contributed by atoms with E-state index in [1.807, 2.05) is 12.2 Å². The molecule has 0 aliphatic carbocycles. The molecule has 1 aliphatic heterocycles. The smallest absolute Gasteiger partial charge is 0.159 e. The molecule has 0 spiro atoms. The summed E-state index contributed by atoms with van der Waals surface area (Å²) in [5.74, 6) is -1.59. The Bertz CT molecular complexity index is 393. The molecule has 1 aliphatic rings. The topological polar surface area (TPSA) is 12.0 Å². The molecule has 17 heavy (non-hydrogen) atoms. The van der Waals surface area contributed by atoms with Gasteiger partial charge in [0.2, 0.25) is 0 Å². The Labute approximate surface area is 101 Å². The molecule has 0 amide bonds. The summed E-state index contributed by atoms with van der Waals surface area (Å²) in [6.45, 7) is 1.03. The third-order valence-electron chi connectivity index (χ3n) is 3.06. The van der Waals surface area contributed by atoms with E-state index in [1.165, 1.54) is 25.3 Å². The van der Waals surface area contributed by atoms with Crippen molar-refractivity contribution in [1.29, 1.82) is 0 Å². The Hall–Kier alpha value is -1.22. The highest BCUT2D eigenvalue weighted by atomic mass is 19.2. The summed E-state index contributed by atoms with van der Waals surface area (Å²) in [5.41, 5.74) is 0.704. The fourth-order valence-corrected chi connectivity index (χ4v) is 2.06. The minimum Gasteiger partial charge on any atom is -0.311 e. The quantitative estimate of drug-likeness (QED) is 0.830. The Morgan fingerprint density at radius 1 is 1.12 bits per heavy atom. The molecule has 0 aromatic heterocycles. The van der Waals surface area contributed by atoms with Crippen molar-refractivity contribution in [3.05, 3.63) is 41.5 Å². The van der Waals surface area contributed by atoms with Crippen molar-refractivity contribution < 1.29 is 8.78 Å². The predicted octanol–water partition coefficient (Wildman–Crippen LogP) is 3.51. The van der Waals surface area contributed by atoms with E-state index in [2.05, 4.69) is 5.32 Å². The van der Waals surface area contributed by atoms with Crippen LogP contribution in [0.5, 0.6) is 0 Å². The van der Waals surface area contributed by atoms with Gasteiger partial charge in [-0.2, -0.15) is 0 Å². The highest BCUT2D eigenvalue weighted by Crippen LogP contribution is 2.13. The van der Waals surface area contributed by atoms with Gasteiger partial charge in [-0.05, 0) is 37.1 Å². The van der Waals surface area contributed by atoms with Crippen molar-refractivity contribution >= 4 is 6.08 Å². The molecule has 92 valence electrons. The average Bonchev–Trinajstić information content (AvgIpc) is 2.59. The van der Waals surface area contributed by atoms with Crippen LogP contribution in [0.2, 0.25) is 0 Å². The summed E-state index contributed by atoms with van der Waals surface area (Å²) >= 11 is 0. The summed E-state index contributed by atoms with van der Waals surface area (Å²) in [6.07, 6.45) is 8.71. The molecule has 1 aromatic carbocycles. The molecule has 1 aromatic rings. The van der Waals surface area contributed by atoms with Crippen LogP contribution in [0.4, 0.5) is 8.78 Å². The minimum atomic E-state index is -0.797. The van der Waals surface area contributed by atoms with Gasteiger partial charge in [0.1, 0.15) is 0 Å². The van der Waals surface area contributed by atoms with Gasteiger partial charge in [0.05, 0.1) is 0 Å². The van der Waals surface area contributed by atoms with Crippen LogP contribution < -0.4 is 5.32 Å². The van der Waals surface area contributed by atoms with Gasteiger partial charge in [0.25, 0.3) is 0 Å². The zero-order valence-electron chi connectivity index (χ0n) is 9.76. The summed E-state index contributed by atoms with van der Waals surface area (Å²) in [4.78, 5) is 0. The zero-order valence-corrected chi connectivity index (χ0v) is 9.76. The van der Waals surface area contributed by atoms with Crippen molar-refractivity contribution in [3.8, 4) is 0 Å². The first-order valence-electron chi connectivity index (χ1n) is 6.12. The molecule has 1 heterocycles. The molecule has 2 rings (SSSR count). The van der Waals surface area contributed by atoms with Crippen LogP contribution in [0.15, 0.2) is 24.3 Å². The van der Waals surface area contributed by atoms with Gasteiger partial charge in [-0.15, -0.1) is 0 Å². The van der Waals surface area contributed by atoms with E-state index in [1.54, 1.807) is 6.07 Å². The third kappa shape index (κ3) is 3.63. The van der Waals surface area contributed by atoms with Gasteiger partial charge >= 0.3 is 0 Å². The fourth-order valence-electron chi connectivity index (χ4n) is 2.06. The Morgan fingerprint density at radius 3 is 2.82 bits per heavy atom. The molecule has 0 saturated carbocycles. The molecule has 1 fully saturated rings. The molecule has 3 heteroatoms. The van der Waals surface area contributed by atoms with Gasteiger partial charge in [-0.3, -0.25) is 0 Å².